The van der Waals surface area contributed by atoms with Crippen LogP contribution in [0.5, 0.6) is 0 Å². The minimum absolute atomic E-state index is 0.251. The molecule has 1 aromatic rings. The van der Waals surface area contributed by atoms with E-state index in [0.29, 0.717) is 5.76 Å². The van der Waals surface area contributed by atoms with Gasteiger partial charge in [0, 0.05) is 12.3 Å². The van der Waals surface area contributed by atoms with Crippen LogP contribution in [0, 0.1) is 10.1 Å². The van der Waals surface area contributed by atoms with Crippen molar-refractivity contribution in [2.45, 2.75) is 26.3 Å². The molecule has 1 aromatic heterocycles. The molecule has 0 saturated heterocycles. The molecule has 0 amide bonds. The molecule has 5 nitrogen and oxygen atoms in total. The van der Waals surface area contributed by atoms with Crippen LogP contribution in [-0.2, 0) is 0 Å². The molecule has 0 aliphatic heterocycles. The number of hydrogen-bond acceptors (Lipinski definition) is 4. The predicted molar refractivity (Wildman–Crippen MR) is 62.6 cm³/mol. The largest absolute Gasteiger partial charge is 0.433 e. The zero-order valence-corrected chi connectivity index (χ0v) is 9.29. The molecule has 0 aliphatic carbocycles. The molecule has 16 heavy (non-hydrogen) atoms. The molecular formula is C11H14N2O3. The van der Waals surface area contributed by atoms with Crippen LogP contribution >= 0.6 is 0 Å². The Hall–Kier alpha value is -1.91. The Morgan fingerprint density at radius 3 is 2.94 bits per heavy atom. The summed E-state index contributed by atoms with van der Waals surface area (Å²) in [7, 11) is 0. The quantitative estimate of drug-likeness (QED) is 0.436. The fourth-order valence-electron chi connectivity index (χ4n) is 0.970. The Morgan fingerprint density at radius 1 is 1.62 bits per heavy atom. The molecule has 0 fully saturated rings. The summed E-state index contributed by atoms with van der Waals surface area (Å²) in [6.45, 7) is 4.07. The molecule has 1 heterocycles. The van der Waals surface area contributed by atoms with Gasteiger partial charge in [-0.1, -0.05) is 6.92 Å². The lowest BCUT2D eigenvalue weighted by atomic mass is 10.3. The Bertz CT molecular complexity index is 407. The fourth-order valence-corrected chi connectivity index (χ4v) is 0.970. The Morgan fingerprint density at radius 2 is 2.38 bits per heavy atom. The lowest BCUT2D eigenvalue weighted by Gasteiger charge is -1.96. The van der Waals surface area contributed by atoms with Crippen molar-refractivity contribution in [3.05, 3.63) is 34.1 Å². The standard InChI is InChI=1S/C11H14N2O3/c1-3-9(2)12-8-4-5-10-6-7-11(16-10)13(14)15/h4-9H,3H2,1-2H3/b5-4+,12-8?. The second-order valence-electron chi connectivity index (χ2n) is 3.35. The van der Waals surface area contributed by atoms with Gasteiger partial charge >= 0.3 is 5.88 Å². The number of nitrogens with zero attached hydrogens (tertiary/aromatic N) is 2. The Balaban J connectivity index is 2.56. The van der Waals surface area contributed by atoms with Gasteiger partial charge in [0.15, 0.2) is 0 Å². The van der Waals surface area contributed by atoms with Gasteiger partial charge in [-0.3, -0.25) is 15.1 Å². The molecule has 0 N–H and O–H groups in total. The van der Waals surface area contributed by atoms with E-state index in [0.717, 1.165) is 6.42 Å². The summed E-state index contributed by atoms with van der Waals surface area (Å²) in [4.78, 5) is 14.0. The van der Waals surface area contributed by atoms with E-state index < -0.39 is 4.92 Å². The number of furan rings is 1. The van der Waals surface area contributed by atoms with E-state index in [9.17, 15) is 10.1 Å². The maximum absolute atomic E-state index is 10.3. The van der Waals surface area contributed by atoms with E-state index in [4.69, 9.17) is 4.42 Å². The van der Waals surface area contributed by atoms with Crippen molar-refractivity contribution in [3.8, 4) is 0 Å². The topological polar surface area (TPSA) is 68.6 Å². The van der Waals surface area contributed by atoms with Gasteiger partial charge in [-0.05, 0) is 31.6 Å². The third-order valence-corrected chi connectivity index (χ3v) is 2.07. The zero-order valence-electron chi connectivity index (χ0n) is 9.29. The van der Waals surface area contributed by atoms with Gasteiger partial charge in [0.25, 0.3) is 0 Å². The van der Waals surface area contributed by atoms with Crippen molar-refractivity contribution in [2.75, 3.05) is 0 Å². The van der Waals surface area contributed by atoms with Crippen LogP contribution in [0.2, 0.25) is 0 Å². The first kappa shape index (κ1) is 12.2. The van der Waals surface area contributed by atoms with Gasteiger partial charge in [0.05, 0.1) is 6.07 Å². The highest BCUT2D eigenvalue weighted by Gasteiger charge is 2.09. The molecule has 1 atom stereocenters. The van der Waals surface area contributed by atoms with Gasteiger partial charge in [0.1, 0.15) is 10.7 Å². The van der Waals surface area contributed by atoms with Gasteiger partial charge in [-0.15, -0.1) is 0 Å². The summed E-state index contributed by atoms with van der Waals surface area (Å²) >= 11 is 0. The van der Waals surface area contributed by atoms with Gasteiger partial charge in [-0.2, -0.15) is 0 Å². The zero-order chi connectivity index (χ0) is 12.0. The van der Waals surface area contributed by atoms with Crippen molar-refractivity contribution < 1.29 is 9.34 Å². The third kappa shape index (κ3) is 3.68. The predicted octanol–water partition coefficient (Wildman–Crippen LogP) is 3.07. The van der Waals surface area contributed by atoms with E-state index in [1.807, 2.05) is 6.92 Å². The lowest BCUT2D eigenvalue weighted by Crippen LogP contribution is -1.93. The highest BCUT2D eigenvalue weighted by atomic mass is 16.6. The number of hydrogen-bond donors (Lipinski definition) is 0. The number of allylic oxidation sites excluding steroid dienone is 1. The van der Waals surface area contributed by atoms with Crippen LogP contribution in [0.15, 0.2) is 27.6 Å². The smallest absolute Gasteiger partial charge is 0.401 e. The summed E-state index contributed by atoms with van der Waals surface area (Å²) in [6.07, 6.45) is 5.99. The van der Waals surface area contributed by atoms with Crippen molar-refractivity contribution in [1.82, 2.24) is 0 Å². The molecule has 0 bridgehead atoms. The van der Waals surface area contributed by atoms with Crippen LogP contribution in [0.3, 0.4) is 0 Å². The monoisotopic (exact) mass is 222 g/mol. The van der Waals surface area contributed by atoms with Crippen LogP contribution in [0.1, 0.15) is 26.0 Å². The van der Waals surface area contributed by atoms with Crippen molar-refractivity contribution in [3.63, 3.8) is 0 Å². The Kier molecular flexibility index (Phi) is 4.44. The fraction of sp³-hybridized carbons (Fsp3) is 0.364. The van der Waals surface area contributed by atoms with E-state index in [-0.39, 0.29) is 11.9 Å². The molecular weight excluding hydrogens is 208 g/mol. The lowest BCUT2D eigenvalue weighted by molar-refractivity contribution is -0.402. The second kappa shape index (κ2) is 5.85. The highest BCUT2D eigenvalue weighted by molar-refractivity contribution is 5.77. The molecule has 0 radical (unpaired) electrons. The van der Waals surface area contributed by atoms with Crippen LogP contribution < -0.4 is 0 Å². The van der Waals surface area contributed by atoms with E-state index in [2.05, 4.69) is 11.9 Å². The van der Waals surface area contributed by atoms with E-state index in [1.165, 1.54) is 6.07 Å². The van der Waals surface area contributed by atoms with Gasteiger partial charge in [-0.25, -0.2) is 0 Å². The van der Waals surface area contributed by atoms with Gasteiger partial charge in [0.2, 0.25) is 0 Å². The summed E-state index contributed by atoms with van der Waals surface area (Å²) in [5, 5.41) is 10.3. The number of aliphatic imine (C=N–C) groups is 1. The minimum Gasteiger partial charge on any atom is -0.401 e. The molecule has 0 saturated carbocycles. The van der Waals surface area contributed by atoms with E-state index in [1.54, 1.807) is 24.4 Å². The molecule has 0 aromatic carbocycles. The van der Waals surface area contributed by atoms with Crippen molar-refractivity contribution in [1.29, 1.82) is 0 Å². The highest BCUT2D eigenvalue weighted by Crippen LogP contribution is 2.16. The average Bonchev–Trinajstić information content (AvgIpc) is 2.72. The van der Waals surface area contributed by atoms with Crippen LogP contribution in [0.4, 0.5) is 5.88 Å². The summed E-state index contributed by atoms with van der Waals surface area (Å²) in [6, 6.07) is 3.16. The SMILES string of the molecule is CCC(C)N=C/C=C/c1ccc([N+](=O)[O-])o1. The number of nitro groups is 1. The maximum atomic E-state index is 10.3. The average molecular weight is 222 g/mol. The second-order valence-corrected chi connectivity index (χ2v) is 3.35. The molecule has 1 unspecified atom stereocenters. The molecule has 5 heteroatoms. The number of rotatable bonds is 5. The first-order valence-electron chi connectivity index (χ1n) is 5.07. The Labute approximate surface area is 93.6 Å². The van der Waals surface area contributed by atoms with Gasteiger partial charge < -0.3 is 4.42 Å². The summed E-state index contributed by atoms with van der Waals surface area (Å²) < 4.78 is 4.93. The van der Waals surface area contributed by atoms with Crippen LogP contribution in [0.25, 0.3) is 6.08 Å². The minimum atomic E-state index is -0.565. The summed E-state index contributed by atoms with van der Waals surface area (Å²) in [5.41, 5.74) is 0. The molecule has 1 rings (SSSR count). The molecule has 0 spiro atoms. The molecule has 0 aliphatic rings. The normalized spacial score (nSPS) is 13.6. The first-order valence-corrected chi connectivity index (χ1v) is 5.07. The van der Waals surface area contributed by atoms with E-state index >= 15 is 0 Å². The third-order valence-electron chi connectivity index (χ3n) is 2.07. The van der Waals surface area contributed by atoms with Crippen molar-refractivity contribution >= 4 is 18.2 Å². The molecule has 86 valence electrons. The summed E-state index contributed by atoms with van der Waals surface area (Å²) in [5.74, 6) is 0.195. The van der Waals surface area contributed by atoms with Crippen molar-refractivity contribution in [2.24, 2.45) is 4.99 Å². The van der Waals surface area contributed by atoms with Crippen LogP contribution in [-0.4, -0.2) is 17.2 Å². The maximum Gasteiger partial charge on any atom is 0.433 e. The first-order chi connectivity index (χ1) is 7.63.